The predicted octanol–water partition coefficient (Wildman–Crippen LogP) is -4.42. The van der Waals surface area contributed by atoms with E-state index < -0.39 is 66.2 Å². The highest BCUT2D eigenvalue weighted by molar-refractivity contribution is 7.80. The van der Waals surface area contributed by atoms with Gasteiger partial charge in [-0.2, -0.15) is 12.6 Å². The Morgan fingerprint density at radius 2 is 1.37 bits per heavy atom. The minimum Gasteiger partial charge on any atom is -0.481 e. The number of guanidine groups is 1. The van der Waals surface area contributed by atoms with Gasteiger partial charge < -0.3 is 49.1 Å². The molecule has 35 heavy (non-hydrogen) atoms. The van der Waals surface area contributed by atoms with Crippen LogP contribution in [0.15, 0.2) is 4.99 Å². The zero-order valence-corrected chi connectivity index (χ0v) is 19.7. The standard InChI is InChI=1S/C18H32N8O8S/c19-8(3-4-13(28)29)14(30)26-11(7-35)16(32)25-10(6-12(20)27)15(31)24-9(17(33)34)2-1-5-23-18(21)22/h8-11,35H,1-7,19H2,(H2,20,27)(H,24,31)(H,25,32)(H,26,30)(H,28,29)(H,33,34)(H4,21,22,23). The Kier molecular flexibility index (Phi) is 14.4. The Bertz CT molecular complexity index is 820. The number of hydrogen-bond acceptors (Lipinski definition) is 9. The van der Waals surface area contributed by atoms with Gasteiger partial charge in [0.15, 0.2) is 5.96 Å². The first-order valence-corrected chi connectivity index (χ1v) is 11.0. The summed E-state index contributed by atoms with van der Waals surface area (Å²) in [6.45, 7) is 0.112. The van der Waals surface area contributed by atoms with E-state index >= 15 is 0 Å². The number of primary amides is 1. The minimum absolute atomic E-state index is 0.0569. The summed E-state index contributed by atoms with van der Waals surface area (Å²) in [5, 5.41) is 24.7. The van der Waals surface area contributed by atoms with Gasteiger partial charge >= 0.3 is 11.9 Å². The molecule has 0 aliphatic carbocycles. The lowest BCUT2D eigenvalue weighted by atomic mass is 10.1. The normalized spacial score (nSPS) is 13.9. The Balaban J connectivity index is 5.24. The minimum atomic E-state index is -1.56. The van der Waals surface area contributed by atoms with Crippen LogP contribution in [-0.4, -0.2) is 88.2 Å². The summed E-state index contributed by atoms with van der Waals surface area (Å²) >= 11 is 3.96. The first-order valence-electron chi connectivity index (χ1n) is 10.3. The van der Waals surface area contributed by atoms with Crippen LogP contribution in [0.5, 0.6) is 0 Å². The molecule has 198 valence electrons. The van der Waals surface area contributed by atoms with Crippen molar-refractivity contribution >= 4 is 54.2 Å². The number of nitrogens with zero attached hydrogens (tertiary/aromatic N) is 1. The number of amides is 4. The fourth-order valence-corrected chi connectivity index (χ4v) is 2.86. The topological polar surface area (TPSA) is 295 Å². The molecule has 13 N–H and O–H groups in total. The van der Waals surface area contributed by atoms with Crippen molar-refractivity contribution < 1.29 is 39.0 Å². The molecule has 0 heterocycles. The number of carbonyl (C=O) groups is 6. The second-order valence-electron chi connectivity index (χ2n) is 7.36. The number of aliphatic carboxylic acids is 2. The van der Waals surface area contributed by atoms with Gasteiger partial charge in [0.1, 0.15) is 18.1 Å². The highest BCUT2D eigenvalue weighted by Gasteiger charge is 2.30. The van der Waals surface area contributed by atoms with E-state index in [0.717, 1.165) is 0 Å². The van der Waals surface area contributed by atoms with Crippen LogP contribution in [0, 0.1) is 0 Å². The maximum absolute atomic E-state index is 12.6. The lowest BCUT2D eigenvalue weighted by Gasteiger charge is -2.24. The number of rotatable bonds is 17. The molecule has 0 rings (SSSR count). The number of carboxylic acids is 2. The van der Waals surface area contributed by atoms with E-state index in [1.807, 2.05) is 0 Å². The monoisotopic (exact) mass is 520 g/mol. The quantitative estimate of drug-likeness (QED) is 0.0377. The summed E-state index contributed by atoms with van der Waals surface area (Å²) in [6, 6.07) is -5.46. The third-order valence-corrected chi connectivity index (χ3v) is 4.78. The fourth-order valence-electron chi connectivity index (χ4n) is 2.60. The van der Waals surface area contributed by atoms with E-state index in [0.29, 0.717) is 0 Å². The first kappa shape index (κ1) is 31.4. The largest absolute Gasteiger partial charge is 0.481 e. The molecule has 0 saturated carbocycles. The third-order valence-electron chi connectivity index (χ3n) is 4.42. The second kappa shape index (κ2) is 16.1. The van der Waals surface area contributed by atoms with Crippen molar-refractivity contribution in [1.29, 1.82) is 0 Å². The van der Waals surface area contributed by atoms with Crippen molar-refractivity contribution in [2.75, 3.05) is 12.3 Å². The van der Waals surface area contributed by atoms with E-state index in [1.54, 1.807) is 0 Å². The lowest BCUT2D eigenvalue weighted by molar-refractivity contribution is -0.142. The third kappa shape index (κ3) is 13.6. The van der Waals surface area contributed by atoms with Crippen LogP contribution in [-0.2, 0) is 28.8 Å². The molecule has 0 spiro atoms. The van der Waals surface area contributed by atoms with E-state index in [9.17, 15) is 33.9 Å². The van der Waals surface area contributed by atoms with Crippen LogP contribution in [0.25, 0.3) is 0 Å². The van der Waals surface area contributed by atoms with Gasteiger partial charge in [-0.1, -0.05) is 0 Å². The second-order valence-corrected chi connectivity index (χ2v) is 7.73. The number of carbonyl (C=O) groups excluding carboxylic acids is 4. The molecule has 4 unspecified atom stereocenters. The molecule has 4 amide bonds. The highest BCUT2D eigenvalue weighted by Crippen LogP contribution is 2.03. The average molecular weight is 521 g/mol. The van der Waals surface area contributed by atoms with E-state index in [2.05, 4.69) is 33.6 Å². The molecule has 0 aliphatic heterocycles. The van der Waals surface area contributed by atoms with Gasteiger partial charge in [-0.25, -0.2) is 4.79 Å². The van der Waals surface area contributed by atoms with Gasteiger partial charge in [0.25, 0.3) is 0 Å². The van der Waals surface area contributed by atoms with Gasteiger partial charge in [0.2, 0.25) is 23.6 Å². The molecule has 0 aromatic heterocycles. The Hall–Kier alpha value is -3.60. The molecule has 4 atom stereocenters. The van der Waals surface area contributed by atoms with Crippen LogP contribution in [0.4, 0.5) is 0 Å². The number of carboxylic acid groups (broad SMARTS) is 2. The number of hydrogen-bond donors (Lipinski definition) is 10. The lowest BCUT2D eigenvalue weighted by Crippen LogP contribution is -2.58. The summed E-state index contributed by atoms with van der Waals surface area (Å²) in [5.74, 6) is -6.69. The number of aliphatic imine (C=N–C) groups is 1. The van der Waals surface area contributed by atoms with E-state index in [1.165, 1.54) is 0 Å². The Morgan fingerprint density at radius 3 is 1.86 bits per heavy atom. The summed E-state index contributed by atoms with van der Waals surface area (Å²) < 4.78 is 0. The number of nitrogens with two attached hydrogens (primary N) is 4. The molecule has 17 heteroatoms. The molecular weight excluding hydrogens is 488 g/mol. The summed E-state index contributed by atoms with van der Waals surface area (Å²) in [7, 11) is 0. The molecule has 0 aromatic rings. The van der Waals surface area contributed by atoms with Gasteiger partial charge in [-0.3, -0.25) is 29.0 Å². The maximum atomic E-state index is 12.6. The molecule has 0 aromatic carbocycles. The molecule has 0 fully saturated rings. The van der Waals surface area contributed by atoms with Crippen molar-refractivity contribution in [3.05, 3.63) is 0 Å². The van der Waals surface area contributed by atoms with Crippen molar-refractivity contribution in [3.8, 4) is 0 Å². The van der Waals surface area contributed by atoms with Crippen LogP contribution in [0.2, 0.25) is 0 Å². The zero-order valence-electron chi connectivity index (χ0n) is 18.8. The predicted molar refractivity (Wildman–Crippen MR) is 126 cm³/mol. The molecule has 0 saturated heterocycles. The molecular formula is C18H32N8O8S. The van der Waals surface area contributed by atoms with Gasteiger partial charge in [0, 0.05) is 18.7 Å². The maximum Gasteiger partial charge on any atom is 0.326 e. The number of nitrogens with one attached hydrogen (secondary N) is 3. The van der Waals surface area contributed by atoms with E-state index in [-0.39, 0.29) is 43.9 Å². The molecule has 0 radical (unpaired) electrons. The van der Waals surface area contributed by atoms with E-state index in [4.69, 9.17) is 28.0 Å². The molecule has 0 bridgehead atoms. The summed E-state index contributed by atoms with van der Waals surface area (Å²) in [4.78, 5) is 74.5. The smallest absolute Gasteiger partial charge is 0.326 e. The van der Waals surface area contributed by atoms with Gasteiger partial charge in [0.05, 0.1) is 12.5 Å². The fraction of sp³-hybridized carbons (Fsp3) is 0.611. The van der Waals surface area contributed by atoms with Crippen molar-refractivity contribution in [2.24, 2.45) is 27.9 Å². The van der Waals surface area contributed by atoms with Crippen molar-refractivity contribution in [2.45, 2.75) is 56.3 Å². The number of thiol groups is 1. The van der Waals surface area contributed by atoms with Crippen LogP contribution in [0.1, 0.15) is 32.1 Å². The SMILES string of the molecule is NC(=O)CC(NC(=O)C(CS)NC(=O)C(N)CCC(=O)O)C(=O)NC(CCCN=C(N)N)C(=O)O. The molecule has 0 aliphatic rings. The van der Waals surface area contributed by atoms with Gasteiger partial charge in [-0.15, -0.1) is 0 Å². The highest BCUT2D eigenvalue weighted by atomic mass is 32.1. The van der Waals surface area contributed by atoms with Crippen LogP contribution in [0.3, 0.4) is 0 Å². The summed E-state index contributed by atoms with van der Waals surface area (Å²) in [5.41, 5.74) is 21.1. The molecule has 16 nitrogen and oxygen atoms in total. The summed E-state index contributed by atoms with van der Waals surface area (Å²) in [6.07, 6.45) is -1.07. The zero-order chi connectivity index (χ0) is 27.1. The Labute approximate surface area is 206 Å². The van der Waals surface area contributed by atoms with Crippen LogP contribution >= 0.6 is 12.6 Å². The average Bonchev–Trinajstić information content (AvgIpc) is 2.75. The Morgan fingerprint density at radius 1 is 0.829 bits per heavy atom. The first-order chi connectivity index (χ1) is 16.3. The van der Waals surface area contributed by atoms with Crippen molar-refractivity contribution in [3.63, 3.8) is 0 Å². The van der Waals surface area contributed by atoms with Gasteiger partial charge in [-0.05, 0) is 19.3 Å². The van der Waals surface area contributed by atoms with Crippen LogP contribution < -0.4 is 38.9 Å². The van der Waals surface area contributed by atoms with Crippen molar-refractivity contribution in [1.82, 2.24) is 16.0 Å².